The Bertz CT molecular complexity index is 128. The van der Waals surface area contributed by atoms with E-state index in [1.165, 1.54) is 0 Å². The molecule has 1 aliphatic rings. The van der Waals surface area contributed by atoms with Crippen LogP contribution < -0.4 is 0 Å². The smallest absolute Gasteiger partial charge is 0.100 e. The second kappa shape index (κ2) is 3.10. The maximum absolute atomic E-state index is 12.9. The molecule has 1 aliphatic carbocycles. The molecular formula is C9H17FO. The van der Waals surface area contributed by atoms with Crippen LogP contribution in [0.5, 0.6) is 0 Å². The van der Waals surface area contributed by atoms with E-state index in [4.69, 9.17) is 0 Å². The van der Waals surface area contributed by atoms with Crippen molar-refractivity contribution in [2.75, 3.05) is 0 Å². The molecule has 0 aromatic carbocycles. The van der Waals surface area contributed by atoms with Gasteiger partial charge < -0.3 is 5.11 Å². The lowest BCUT2D eigenvalue weighted by Gasteiger charge is -2.33. The van der Waals surface area contributed by atoms with E-state index in [1.807, 2.05) is 0 Å². The Kier molecular flexibility index (Phi) is 2.53. The molecule has 0 bridgehead atoms. The summed E-state index contributed by atoms with van der Waals surface area (Å²) in [6.45, 7) is 3.55. The van der Waals surface area contributed by atoms with E-state index in [1.54, 1.807) is 13.8 Å². The zero-order valence-corrected chi connectivity index (χ0v) is 7.31. The molecule has 11 heavy (non-hydrogen) atoms. The number of halogens is 1. The van der Waals surface area contributed by atoms with E-state index in [-0.39, 0.29) is 5.92 Å². The number of rotatable bonds is 1. The fraction of sp³-hybridized carbons (Fsp3) is 1.00. The molecule has 0 aliphatic heterocycles. The number of alkyl halides is 1. The third-order valence-corrected chi connectivity index (χ3v) is 2.61. The standard InChI is InChI=1S/C9H17FO/c1-9(2,11)7-4-3-5-8(10)6-7/h7-8,11H,3-6H2,1-2H3/t7-,8+/m0/s1. The fourth-order valence-electron chi connectivity index (χ4n) is 1.77. The highest BCUT2D eigenvalue weighted by Gasteiger charge is 2.31. The van der Waals surface area contributed by atoms with Crippen LogP contribution in [0.3, 0.4) is 0 Å². The van der Waals surface area contributed by atoms with E-state index in [0.29, 0.717) is 12.8 Å². The van der Waals surface area contributed by atoms with E-state index in [0.717, 1.165) is 12.8 Å². The molecule has 2 atom stereocenters. The Hall–Kier alpha value is -0.110. The van der Waals surface area contributed by atoms with Gasteiger partial charge >= 0.3 is 0 Å². The lowest BCUT2D eigenvalue weighted by Crippen LogP contribution is -2.35. The number of aliphatic hydroxyl groups is 1. The van der Waals surface area contributed by atoms with Crippen molar-refractivity contribution in [1.82, 2.24) is 0 Å². The van der Waals surface area contributed by atoms with E-state index < -0.39 is 11.8 Å². The summed E-state index contributed by atoms with van der Waals surface area (Å²) < 4.78 is 12.9. The third kappa shape index (κ3) is 2.44. The van der Waals surface area contributed by atoms with Gasteiger partial charge in [0.1, 0.15) is 6.17 Å². The van der Waals surface area contributed by atoms with Gasteiger partial charge in [0.05, 0.1) is 5.60 Å². The van der Waals surface area contributed by atoms with Crippen molar-refractivity contribution < 1.29 is 9.50 Å². The molecule has 1 N–H and O–H groups in total. The van der Waals surface area contributed by atoms with Crippen LogP contribution >= 0.6 is 0 Å². The van der Waals surface area contributed by atoms with Crippen LogP contribution in [0.4, 0.5) is 4.39 Å². The second-order valence-corrected chi connectivity index (χ2v) is 4.11. The van der Waals surface area contributed by atoms with Crippen LogP contribution in [0.15, 0.2) is 0 Å². The molecule has 0 saturated heterocycles. The molecule has 0 radical (unpaired) electrons. The van der Waals surface area contributed by atoms with Crippen LogP contribution in [-0.2, 0) is 0 Å². The van der Waals surface area contributed by atoms with Gasteiger partial charge in [-0.2, -0.15) is 0 Å². The summed E-state index contributed by atoms with van der Waals surface area (Å²) in [7, 11) is 0. The highest BCUT2D eigenvalue weighted by Crippen LogP contribution is 2.33. The lowest BCUT2D eigenvalue weighted by molar-refractivity contribution is -0.0139. The van der Waals surface area contributed by atoms with Gasteiger partial charge in [-0.3, -0.25) is 0 Å². The second-order valence-electron chi connectivity index (χ2n) is 4.11. The maximum atomic E-state index is 12.9. The summed E-state index contributed by atoms with van der Waals surface area (Å²) in [5.74, 6) is 0.159. The minimum atomic E-state index is -0.690. The predicted octanol–water partition coefficient (Wildman–Crippen LogP) is 2.29. The fourth-order valence-corrected chi connectivity index (χ4v) is 1.77. The molecule has 66 valence electrons. The average Bonchev–Trinajstić information content (AvgIpc) is 1.86. The molecule has 0 heterocycles. The minimum absolute atomic E-state index is 0.159. The van der Waals surface area contributed by atoms with Gasteiger partial charge in [-0.1, -0.05) is 6.42 Å². The lowest BCUT2D eigenvalue weighted by atomic mass is 9.78. The Balaban J connectivity index is 2.46. The SMILES string of the molecule is CC(C)(O)[C@H]1CCC[C@@H](F)C1. The van der Waals surface area contributed by atoms with Crippen LogP contribution in [0, 0.1) is 5.92 Å². The molecule has 1 rings (SSSR count). The van der Waals surface area contributed by atoms with Crippen molar-refractivity contribution in [2.45, 2.75) is 51.3 Å². The topological polar surface area (TPSA) is 20.2 Å². The molecule has 0 aromatic heterocycles. The molecule has 0 spiro atoms. The maximum Gasteiger partial charge on any atom is 0.100 e. The highest BCUT2D eigenvalue weighted by atomic mass is 19.1. The van der Waals surface area contributed by atoms with Crippen molar-refractivity contribution in [3.05, 3.63) is 0 Å². The largest absolute Gasteiger partial charge is 0.390 e. The summed E-state index contributed by atoms with van der Waals surface area (Å²) >= 11 is 0. The normalized spacial score (nSPS) is 33.8. The van der Waals surface area contributed by atoms with E-state index >= 15 is 0 Å². The summed E-state index contributed by atoms with van der Waals surface area (Å²) in [5.41, 5.74) is -0.690. The monoisotopic (exact) mass is 160 g/mol. The van der Waals surface area contributed by atoms with Gasteiger partial charge in [0.2, 0.25) is 0 Å². The summed E-state index contributed by atoms with van der Waals surface area (Å²) in [4.78, 5) is 0. The van der Waals surface area contributed by atoms with Crippen molar-refractivity contribution in [3.63, 3.8) is 0 Å². The van der Waals surface area contributed by atoms with E-state index in [9.17, 15) is 9.50 Å². The molecule has 2 heteroatoms. The van der Waals surface area contributed by atoms with Crippen LogP contribution in [0.1, 0.15) is 39.5 Å². The first kappa shape index (κ1) is 8.98. The van der Waals surface area contributed by atoms with Gasteiger partial charge in [0, 0.05) is 0 Å². The van der Waals surface area contributed by atoms with Crippen molar-refractivity contribution in [3.8, 4) is 0 Å². The van der Waals surface area contributed by atoms with Crippen molar-refractivity contribution in [1.29, 1.82) is 0 Å². The van der Waals surface area contributed by atoms with Crippen LogP contribution in [-0.4, -0.2) is 16.9 Å². The molecule has 0 aromatic rings. The van der Waals surface area contributed by atoms with Crippen molar-refractivity contribution >= 4 is 0 Å². The molecule has 0 amide bonds. The Morgan fingerprint density at radius 1 is 1.36 bits per heavy atom. The minimum Gasteiger partial charge on any atom is -0.390 e. The number of hydrogen-bond acceptors (Lipinski definition) is 1. The molecule has 1 fully saturated rings. The Morgan fingerprint density at radius 3 is 2.36 bits per heavy atom. The zero-order chi connectivity index (χ0) is 8.48. The summed E-state index contributed by atoms with van der Waals surface area (Å²) in [5, 5.41) is 9.59. The highest BCUT2D eigenvalue weighted by molar-refractivity contribution is 4.83. The number of hydrogen-bond donors (Lipinski definition) is 1. The van der Waals surface area contributed by atoms with Gasteiger partial charge in [0.15, 0.2) is 0 Å². The quantitative estimate of drug-likeness (QED) is 0.624. The summed E-state index contributed by atoms with van der Waals surface area (Å²) in [6, 6.07) is 0. The predicted molar refractivity (Wildman–Crippen MR) is 43.2 cm³/mol. The van der Waals surface area contributed by atoms with Gasteiger partial charge in [0.25, 0.3) is 0 Å². The first-order valence-electron chi connectivity index (χ1n) is 4.36. The van der Waals surface area contributed by atoms with Crippen molar-refractivity contribution in [2.24, 2.45) is 5.92 Å². The first-order chi connectivity index (χ1) is 5.00. The van der Waals surface area contributed by atoms with Crippen LogP contribution in [0.2, 0.25) is 0 Å². The molecule has 1 saturated carbocycles. The first-order valence-corrected chi connectivity index (χ1v) is 4.36. The zero-order valence-electron chi connectivity index (χ0n) is 7.31. The van der Waals surface area contributed by atoms with Gasteiger partial charge in [-0.25, -0.2) is 4.39 Å². The Morgan fingerprint density at radius 2 is 2.00 bits per heavy atom. The molecule has 0 unspecified atom stereocenters. The Labute approximate surface area is 67.6 Å². The van der Waals surface area contributed by atoms with Crippen LogP contribution in [0.25, 0.3) is 0 Å². The summed E-state index contributed by atoms with van der Waals surface area (Å²) in [6.07, 6.45) is 2.45. The van der Waals surface area contributed by atoms with Gasteiger partial charge in [-0.15, -0.1) is 0 Å². The van der Waals surface area contributed by atoms with Gasteiger partial charge in [-0.05, 0) is 39.0 Å². The molecular weight excluding hydrogens is 143 g/mol. The third-order valence-electron chi connectivity index (χ3n) is 2.61. The molecule has 1 nitrogen and oxygen atoms in total. The average molecular weight is 160 g/mol. The van der Waals surface area contributed by atoms with E-state index in [2.05, 4.69) is 0 Å².